The molecule has 3 nitrogen and oxygen atoms in total. The molecule has 0 aromatic carbocycles. The number of carbonyl (C=O) groups is 1. The van der Waals surface area contributed by atoms with Crippen molar-refractivity contribution in [1.29, 1.82) is 0 Å². The van der Waals surface area contributed by atoms with E-state index in [0.717, 1.165) is 19.6 Å². The highest BCUT2D eigenvalue weighted by Gasteiger charge is 2.18. The monoisotopic (exact) mass is 244 g/mol. The summed E-state index contributed by atoms with van der Waals surface area (Å²) in [5.74, 6) is 0.261. The summed E-state index contributed by atoms with van der Waals surface area (Å²) in [4.78, 5) is 13.8. The molecule has 0 aromatic heterocycles. The number of likely N-dealkylation sites (tertiary alicyclic amines) is 1. The van der Waals surface area contributed by atoms with Crippen LogP contribution in [0.15, 0.2) is 0 Å². The Hall–Kier alpha value is -0.220. The van der Waals surface area contributed by atoms with E-state index in [1.54, 1.807) is 0 Å². The van der Waals surface area contributed by atoms with E-state index in [2.05, 4.69) is 25.4 Å². The molecule has 0 radical (unpaired) electrons. The summed E-state index contributed by atoms with van der Waals surface area (Å²) in [6.45, 7) is 7.66. The number of hydrogen-bond donors (Lipinski definition) is 1. The molecule has 0 aliphatic carbocycles. The zero-order valence-electron chi connectivity index (χ0n) is 10.7. The second-order valence-corrected chi connectivity index (χ2v) is 6.52. The molecule has 4 heteroatoms. The van der Waals surface area contributed by atoms with Crippen LogP contribution in [-0.4, -0.2) is 48.0 Å². The summed E-state index contributed by atoms with van der Waals surface area (Å²) in [5, 5.41) is 3.26. The van der Waals surface area contributed by atoms with Crippen LogP contribution in [0.1, 0.15) is 33.1 Å². The van der Waals surface area contributed by atoms with Crippen LogP contribution in [0.2, 0.25) is 0 Å². The Labute approximate surface area is 103 Å². The Morgan fingerprint density at radius 2 is 1.94 bits per heavy atom. The summed E-state index contributed by atoms with van der Waals surface area (Å²) >= 11 is 1.83. The molecular formula is C12H24N2OS. The Morgan fingerprint density at radius 3 is 2.50 bits per heavy atom. The van der Waals surface area contributed by atoms with Crippen molar-refractivity contribution in [1.82, 2.24) is 10.2 Å². The van der Waals surface area contributed by atoms with Gasteiger partial charge < -0.3 is 10.2 Å². The van der Waals surface area contributed by atoms with E-state index in [0.29, 0.717) is 6.54 Å². The lowest BCUT2D eigenvalue weighted by Gasteiger charge is -2.28. The van der Waals surface area contributed by atoms with Gasteiger partial charge in [-0.1, -0.05) is 0 Å². The zero-order valence-corrected chi connectivity index (χ0v) is 11.5. The second-order valence-electron chi connectivity index (χ2n) is 5.01. The molecular weight excluding hydrogens is 220 g/mol. The van der Waals surface area contributed by atoms with Gasteiger partial charge in [-0.2, -0.15) is 11.8 Å². The van der Waals surface area contributed by atoms with Gasteiger partial charge in [-0.05, 0) is 39.4 Å². The molecule has 1 heterocycles. The standard InChI is InChI=1S/C12H24N2OS/c1-12(2,16-3)10-13-9-11(15)14-7-5-4-6-8-14/h13H,4-10H2,1-3H3. The molecule has 1 rings (SSSR count). The number of hydrogen-bond acceptors (Lipinski definition) is 3. The van der Waals surface area contributed by atoms with Crippen LogP contribution in [0.25, 0.3) is 0 Å². The Balaban J connectivity index is 2.19. The minimum Gasteiger partial charge on any atom is -0.342 e. The molecule has 0 unspecified atom stereocenters. The lowest BCUT2D eigenvalue weighted by molar-refractivity contribution is -0.131. The number of rotatable bonds is 5. The normalized spacial score (nSPS) is 17.6. The molecule has 1 N–H and O–H groups in total. The first kappa shape index (κ1) is 13.8. The molecule has 1 amide bonds. The summed E-state index contributed by atoms with van der Waals surface area (Å²) in [6, 6.07) is 0. The van der Waals surface area contributed by atoms with E-state index in [-0.39, 0.29) is 10.7 Å². The largest absolute Gasteiger partial charge is 0.342 e. The third-order valence-corrected chi connectivity index (χ3v) is 4.34. The van der Waals surface area contributed by atoms with Crippen molar-refractivity contribution in [2.24, 2.45) is 0 Å². The number of carbonyl (C=O) groups excluding carboxylic acids is 1. The highest BCUT2D eigenvalue weighted by molar-refractivity contribution is 7.99. The SMILES string of the molecule is CSC(C)(C)CNCC(=O)N1CCCCC1. The van der Waals surface area contributed by atoms with Crippen molar-refractivity contribution in [2.45, 2.75) is 37.9 Å². The predicted octanol–water partition coefficient (Wildman–Crippen LogP) is 1.73. The fourth-order valence-electron chi connectivity index (χ4n) is 1.80. The third kappa shape index (κ3) is 4.74. The fraction of sp³-hybridized carbons (Fsp3) is 0.917. The minimum absolute atomic E-state index is 0.210. The van der Waals surface area contributed by atoms with E-state index in [9.17, 15) is 4.79 Å². The number of amides is 1. The van der Waals surface area contributed by atoms with Gasteiger partial charge in [0.05, 0.1) is 6.54 Å². The van der Waals surface area contributed by atoms with E-state index in [1.807, 2.05) is 16.7 Å². The van der Waals surface area contributed by atoms with Gasteiger partial charge in [0.15, 0.2) is 0 Å². The fourth-order valence-corrected chi connectivity index (χ4v) is 2.04. The van der Waals surface area contributed by atoms with Crippen molar-refractivity contribution in [3.05, 3.63) is 0 Å². The van der Waals surface area contributed by atoms with Gasteiger partial charge in [0.1, 0.15) is 0 Å². The summed E-state index contributed by atoms with van der Waals surface area (Å²) in [5.41, 5.74) is 0. The van der Waals surface area contributed by atoms with Gasteiger partial charge in [0, 0.05) is 24.4 Å². The molecule has 0 bridgehead atoms. The van der Waals surface area contributed by atoms with E-state index >= 15 is 0 Å². The van der Waals surface area contributed by atoms with Gasteiger partial charge in [-0.25, -0.2) is 0 Å². The molecule has 0 aromatic rings. The smallest absolute Gasteiger partial charge is 0.236 e. The highest BCUT2D eigenvalue weighted by Crippen LogP contribution is 2.19. The molecule has 94 valence electrons. The minimum atomic E-state index is 0.210. The summed E-state index contributed by atoms with van der Waals surface area (Å²) in [7, 11) is 0. The van der Waals surface area contributed by atoms with Gasteiger partial charge in [0.2, 0.25) is 5.91 Å². The first-order chi connectivity index (χ1) is 7.55. The van der Waals surface area contributed by atoms with Gasteiger partial charge >= 0.3 is 0 Å². The maximum atomic E-state index is 11.8. The van der Waals surface area contributed by atoms with E-state index in [1.165, 1.54) is 19.3 Å². The molecule has 1 aliphatic rings. The van der Waals surface area contributed by atoms with Crippen LogP contribution in [0.3, 0.4) is 0 Å². The van der Waals surface area contributed by atoms with Crippen molar-refractivity contribution in [3.8, 4) is 0 Å². The Bertz CT molecular complexity index is 225. The van der Waals surface area contributed by atoms with Crippen LogP contribution >= 0.6 is 11.8 Å². The molecule has 16 heavy (non-hydrogen) atoms. The lowest BCUT2D eigenvalue weighted by atomic mass is 10.1. The summed E-state index contributed by atoms with van der Waals surface area (Å²) < 4.78 is 0.210. The van der Waals surface area contributed by atoms with Crippen molar-refractivity contribution >= 4 is 17.7 Å². The van der Waals surface area contributed by atoms with Crippen molar-refractivity contribution in [3.63, 3.8) is 0 Å². The van der Waals surface area contributed by atoms with Crippen LogP contribution in [0.5, 0.6) is 0 Å². The first-order valence-electron chi connectivity index (χ1n) is 6.09. The van der Waals surface area contributed by atoms with E-state index < -0.39 is 0 Å². The molecule has 0 saturated carbocycles. The van der Waals surface area contributed by atoms with Gasteiger partial charge in [-0.15, -0.1) is 0 Å². The maximum Gasteiger partial charge on any atom is 0.236 e. The molecule has 0 atom stereocenters. The average Bonchev–Trinajstić information content (AvgIpc) is 2.30. The van der Waals surface area contributed by atoms with Gasteiger partial charge in [-0.3, -0.25) is 4.79 Å². The maximum absolute atomic E-state index is 11.8. The van der Waals surface area contributed by atoms with E-state index in [4.69, 9.17) is 0 Å². The quantitative estimate of drug-likeness (QED) is 0.799. The molecule has 1 fully saturated rings. The van der Waals surface area contributed by atoms with Crippen LogP contribution in [-0.2, 0) is 4.79 Å². The highest BCUT2D eigenvalue weighted by atomic mass is 32.2. The second kappa shape index (κ2) is 6.50. The van der Waals surface area contributed by atoms with Gasteiger partial charge in [0.25, 0.3) is 0 Å². The number of nitrogens with one attached hydrogen (secondary N) is 1. The number of nitrogens with zero attached hydrogens (tertiary/aromatic N) is 1. The van der Waals surface area contributed by atoms with Crippen molar-refractivity contribution < 1.29 is 4.79 Å². The Kier molecular flexibility index (Phi) is 5.62. The van der Waals surface area contributed by atoms with Crippen molar-refractivity contribution in [2.75, 3.05) is 32.4 Å². The lowest BCUT2D eigenvalue weighted by Crippen LogP contribution is -2.43. The third-order valence-electron chi connectivity index (χ3n) is 3.09. The number of thioether (sulfide) groups is 1. The Morgan fingerprint density at radius 1 is 1.31 bits per heavy atom. The first-order valence-corrected chi connectivity index (χ1v) is 7.31. The molecule has 1 aliphatic heterocycles. The summed E-state index contributed by atoms with van der Waals surface area (Å²) in [6.07, 6.45) is 5.72. The number of piperidine rings is 1. The van der Waals surface area contributed by atoms with Crippen LogP contribution in [0.4, 0.5) is 0 Å². The topological polar surface area (TPSA) is 32.3 Å². The molecule has 1 saturated heterocycles. The van der Waals surface area contributed by atoms with Crippen LogP contribution in [0, 0.1) is 0 Å². The zero-order chi connectivity index (χ0) is 12.0. The molecule has 0 spiro atoms. The predicted molar refractivity (Wildman–Crippen MR) is 70.9 cm³/mol. The average molecular weight is 244 g/mol. The van der Waals surface area contributed by atoms with Crippen LogP contribution < -0.4 is 5.32 Å².